The standard InChI is InChI=1S/C11H15F3O4S/c1-10(11(12,13)14,19(16,17)18)9(15)8-5-6-2-3-7(8)4-6/h6-8H,2-5H2,1H3,(H,16,17,18). The number of ketones is 1. The molecule has 0 aromatic heterocycles. The third-order valence-corrected chi connectivity index (χ3v) is 6.07. The minimum Gasteiger partial charge on any atom is -0.297 e. The molecular weight excluding hydrogens is 285 g/mol. The Morgan fingerprint density at radius 2 is 1.79 bits per heavy atom. The molecule has 0 aromatic carbocycles. The molecule has 4 atom stereocenters. The SMILES string of the molecule is CC(C(=O)C1CC2CCC1C2)(C(F)(F)F)S(=O)(=O)O. The van der Waals surface area contributed by atoms with E-state index in [2.05, 4.69) is 0 Å². The van der Waals surface area contributed by atoms with Crippen LogP contribution in [0.25, 0.3) is 0 Å². The van der Waals surface area contributed by atoms with E-state index >= 15 is 0 Å². The predicted molar refractivity (Wildman–Crippen MR) is 60.0 cm³/mol. The van der Waals surface area contributed by atoms with Gasteiger partial charge in [0.25, 0.3) is 10.1 Å². The van der Waals surface area contributed by atoms with Gasteiger partial charge in [0.15, 0.2) is 5.78 Å². The number of halogens is 3. The van der Waals surface area contributed by atoms with Crippen molar-refractivity contribution in [2.75, 3.05) is 0 Å². The van der Waals surface area contributed by atoms with Gasteiger partial charge in [-0.2, -0.15) is 21.6 Å². The van der Waals surface area contributed by atoms with E-state index < -0.39 is 32.7 Å². The highest BCUT2D eigenvalue weighted by Gasteiger charge is 2.67. The molecule has 2 rings (SSSR count). The second-order valence-corrected chi connectivity index (χ2v) is 7.42. The maximum Gasteiger partial charge on any atom is 0.417 e. The largest absolute Gasteiger partial charge is 0.417 e. The van der Waals surface area contributed by atoms with Gasteiger partial charge >= 0.3 is 6.18 Å². The first kappa shape index (κ1) is 14.8. The molecule has 2 aliphatic carbocycles. The average molecular weight is 300 g/mol. The molecule has 110 valence electrons. The van der Waals surface area contributed by atoms with Gasteiger partial charge in [0.1, 0.15) is 0 Å². The molecule has 0 heterocycles. The maximum absolute atomic E-state index is 13.0. The Morgan fingerprint density at radius 3 is 2.11 bits per heavy atom. The number of hydrogen-bond donors (Lipinski definition) is 1. The van der Waals surface area contributed by atoms with Crippen molar-refractivity contribution in [2.45, 2.75) is 43.5 Å². The zero-order valence-electron chi connectivity index (χ0n) is 10.3. The van der Waals surface area contributed by atoms with Crippen LogP contribution in [0.3, 0.4) is 0 Å². The van der Waals surface area contributed by atoms with Gasteiger partial charge in [0, 0.05) is 5.92 Å². The highest BCUT2D eigenvalue weighted by atomic mass is 32.2. The Kier molecular flexibility index (Phi) is 3.25. The zero-order chi connectivity index (χ0) is 14.6. The number of carbonyl (C=O) groups excluding carboxylic acids is 1. The summed E-state index contributed by atoms with van der Waals surface area (Å²) in [5.74, 6) is -2.29. The van der Waals surface area contributed by atoms with Crippen molar-refractivity contribution in [1.29, 1.82) is 0 Å². The van der Waals surface area contributed by atoms with Crippen molar-refractivity contribution in [3.63, 3.8) is 0 Å². The molecule has 2 aliphatic rings. The molecule has 0 spiro atoms. The molecule has 2 bridgehead atoms. The zero-order valence-corrected chi connectivity index (χ0v) is 11.1. The van der Waals surface area contributed by atoms with Gasteiger partial charge in [-0.05, 0) is 38.0 Å². The Labute approximate surface area is 109 Å². The van der Waals surface area contributed by atoms with Crippen molar-refractivity contribution in [2.24, 2.45) is 17.8 Å². The molecule has 2 fully saturated rings. The van der Waals surface area contributed by atoms with Crippen LogP contribution in [-0.4, -0.2) is 29.7 Å². The normalized spacial score (nSPS) is 34.3. The lowest BCUT2D eigenvalue weighted by Crippen LogP contribution is -2.57. The molecule has 19 heavy (non-hydrogen) atoms. The molecule has 0 saturated heterocycles. The topological polar surface area (TPSA) is 71.4 Å². The van der Waals surface area contributed by atoms with Crippen molar-refractivity contribution in [3.05, 3.63) is 0 Å². The Bertz CT molecular complexity index is 499. The van der Waals surface area contributed by atoms with E-state index in [0.29, 0.717) is 19.3 Å². The highest BCUT2D eigenvalue weighted by molar-refractivity contribution is 7.88. The smallest absolute Gasteiger partial charge is 0.297 e. The van der Waals surface area contributed by atoms with E-state index in [1.54, 1.807) is 0 Å². The molecule has 0 aromatic rings. The van der Waals surface area contributed by atoms with E-state index in [0.717, 1.165) is 6.42 Å². The Hall–Kier alpha value is -0.630. The molecule has 0 amide bonds. The van der Waals surface area contributed by atoms with Crippen LogP contribution in [-0.2, 0) is 14.9 Å². The highest BCUT2D eigenvalue weighted by Crippen LogP contribution is 2.52. The van der Waals surface area contributed by atoms with Crippen molar-refractivity contribution < 1.29 is 30.9 Å². The van der Waals surface area contributed by atoms with Crippen molar-refractivity contribution in [3.8, 4) is 0 Å². The molecular formula is C11H15F3O4S. The third-order valence-electron chi connectivity index (χ3n) is 4.60. The van der Waals surface area contributed by atoms with Crippen LogP contribution in [0.4, 0.5) is 13.2 Å². The number of Topliss-reactive ketones (excluding diaryl/α,β-unsaturated/α-hetero) is 1. The molecule has 0 aliphatic heterocycles. The van der Waals surface area contributed by atoms with Crippen molar-refractivity contribution in [1.82, 2.24) is 0 Å². The average Bonchev–Trinajstić information content (AvgIpc) is 2.85. The van der Waals surface area contributed by atoms with Crippen LogP contribution < -0.4 is 0 Å². The monoisotopic (exact) mass is 300 g/mol. The van der Waals surface area contributed by atoms with Gasteiger partial charge in [-0.3, -0.25) is 9.35 Å². The third kappa shape index (κ3) is 2.08. The fraction of sp³-hybridized carbons (Fsp3) is 0.909. The lowest BCUT2D eigenvalue weighted by molar-refractivity contribution is -0.173. The van der Waals surface area contributed by atoms with E-state index in [-0.39, 0.29) is 18.8 Å². The summed E-state index contributed by atoms with van der Waals surface area (Å²) in [7, 11) is -5.55. The summed E-state index contributed by atoms with van der Waals surface area (Å²) >= 11 is 0. The summed E-state index contributed by atoms with van der Waals surface area (Å²) < 4.78 is 66.4. The quantitative estimate of drug-likeness (QED) is 0.811. The van der Waals surface area contributed by atoms with Gasteiger partial charge in [0.05, 0.1) is 0 Å². The predicted octanol–water partition coefficient (Wildman–Crippen LogP) is 2.20. The number of hydrogen-bond acceptors (Lipinski definition) is 3. The number of carbonyl (C=O) groups is 1. The minimum atomic E-state index is -5.55. The Balaban J connectivity index is 2.38. The van der Waals surface area contributed by atoms with Crippen LogP contribution in [0.5, 0.6) is 0 Å². The van der Waals surface area contributed by atoms with Gasteiger partial charge in [-0.1, -0.05) is 6.42 Å². The van der Waals surface area contributed by atoms with Crippen LogP contribution in [0, 0.1) is 17.8 Å². The number of fused-ring (bicyclic) bond motifs is 2. The van der Waals surface area contributed by atoms with E-state index in [9.17, 15) is 26.4 Å². The summed E-state index contributed by atoms with van der Waals surface area (Å²) in [6.45, 7) is 0.261. The van der Waals surface area contributed by atoms with Gasteiger partial charge < -0.3 is 0 Å². The molecule has 4 nitrogen and oxygen atoms in total. The van der Waals surface area contributed by atoms with Gasteiger partial charge in [-0.25, -0.2) is 0 Å². The fourth-order valence-electron chi connectivity index (χ4n) is 3.33. The van der Waals surface area contributed by atoms with Gasteiger partial charge in [-0.15, -0.1) is 0 Å². The lowest BCUT2D eigenvalue weighted by Gasteiger charge is -2.32. The van der Waals surface area contributed by atoms with E-state index in [1.165, 1.54) is 0 Å². The van der Waals surface area contributed by atoms with E-state index in [4.69, 9.17) is 4.55 Å². The first-order chi connectivity index (χ1) is 8.48. The van der Waals surface area contributed by atoms with Crippen molar-refractivity contribution >= 4 is 15.9 Å². The second-order valence-electron chi connectivity index (χ2n) is 5.65. The Morgan fingerprint density at radius 1 is 1.21 bits per heavy atom. The molecule has 1 N–H and O–H groups in total. The minimum absolute atomic E-state index is 0.180. The van der Waals surface area contributed by atoms with Gasteiger partial charge in [0.2, 0.25) is 4.75 Å². The van der Waals surface area contributed by atoms with Crippen LogP contribution >= 0.6 is 0 Å². The summed E-state index contributed by atoms with van der Waals surface area (Å²) in [6.07, 6.45) is -2.82. The molecule has 0 radical (unpaired) electrons. The van der Waals surface area contributed by atoms with E-state index in [1.807, 2.05) is 0 Å². The van der Waals surface area contributed by atoms with Crippen LogP contribution in [0.15, 0.2) is 0 Å². The lowest BCUT2D eigenvalue weighted by atomic mass is 9.81. The fourth-order valence-corrected chi connectivity index (χ4v) is 4.03. The van der Waals surface area contributed by atoms with Crippen LogP contribution in [0.2, 0.25) is 0 Å². The summed E-state index contributed by atoms with van der Waals surface area (Å²) in [5.41, 5.74) is 0. The first-order valence-electron chi connectivity index (χ1n) is 6.06. The first-order valence-corrected chi connectivity index (χ1v) is 7.50. The molecule has 8 heteroatoms. The summed E-state index contributed by atoms with van der Waals surface area (Å²) in [6, 6.07) is 0. The maximum atomic E-state index is 13.0. The summed E-state index contributed by atoms with van der Waals surface area (Å²) in [5, 5.41) is 0. The van der Waals surface area contributed by atoms with Crippen LogP contribution in [0.1, 0.15) is 32.6 Å². The second kappa shape index (κ2) is 4.18. The molecule has 4 unspecified atom stereocenters. The molecule has 2 saturated carbocycles. The summed E-state index contributed by atoms with van der Waals surface area (Å²) in [4.78, 5) is 12.1. The number of alkyl halides is 3. The number of rotatable bonds is 3.